The van der Waals surface area contributed by atoms with E-state index in [1.165, 1.54) is 4.88 Å². The second-order valence-corrected chi connectivity index (χ2v) is 6.49. The zero-order valence-corrected chi connectivity index (χ0v) is 13.0. The molecule has 1 aromatic carbocycles. The van der Waals surface area contributed by atoms with Gasteiger partial charge in [-0.2, -0.15) is 0 Å². The molecule has 2 rings (SSSR count). The van der Waals surface area contributed by atoms with E-state index in [9.17, 15) is 4.79 Å². The molecule has 0 N–H and O–H groups in total. The van der Waals surface area contributed by atoms with Crippen LogP contribution >= 0.6 is 38.9 Å². The normalized spacial score (nSPS) is 10.6. The molecule has 0 amide bonds. The van der Waals surface area contributed by atoms with E-state index in [-0.39, 0.29) is 5.78 Å². The Balaban J connectivity index is 2.19. The summed E-state index contributed by atoms with van der Waals surface area (Å²) in [6.45, 7) is 2.12. The lowest BCUT2D eigenvalue weighted by molar-refractivity contribution is 0.0993. The van der Waals surface area contributed by atoms with E-state index in [0.29, 0.717) is 17.0 Å². The van der Waals surface area contributed by atoms with E-state index < -0.39 is 0 Å². The van der Waals surface area contributed by atoms with Gasteiger partial charge >= 0.3 is 0 Å². The Labute approximate surface area is 124 Å². The average molecular weight is 344 g/mol. The van der Waals surface area contributed by atoms with E-state index in [4.69, 9.17) is 11.6 Å². The Morgan fingerprint density at radius 3 is 2.67 bits per heavy atom. The minimum Gasteiger partial charge on any atom is -0.294 e. The highest BCUT2D eigenvalue weighted by Crippen LogP contribution is 2.24. The van der Waals surface area contributed by atoms with Crippen molar-refractivity contribution in [2.24, 2.45) is 0 Å². The summed E-state index contributed by atoms with van der Waals surface area (Å²) in [6, 6.07) is 9.40. The Morgan fingerprint density at radius 1 is 1.28 bits per heavy atom. The highest BCUT2D eigenvalue weighted by molar-refractivity contribution is 9.10. The van der Waals surface area contributed by atoms with E-state index in [0.717, 1.165) is 15.8 Å². The summed E-state index contributed by atoms with van der Waals surface area (Å²) in [5.41, 5.74) is 0.647. The fourth-order valence-electron chi connectivity index (χ4n) is 1.67. The number of carbonyl (C=O) groups is 1. The van der Waals surface area contributed by atoms with Crippen LogP contribution in [0.15, 0.2) is 34.8 Å². The number of ketones is 1. The van der Waals surface area contributed by atoms with Crippen LogP contribution in [0.2, 0.25) is 5.02 Å². The molecule has 0 aliphatic rings. The maximum absolute atomic E-state index is 12.2. The zero-order chi connectivity index (χ0) is 13.1. The van der Waals surface area contributed by atoms with E-state index in [2.05, 4.69) is 28.9 Å². The van der Waals surface area contributed by atoms with Crippen LogP contribution in [0.5, 0.6) is 0 Å². The van der Waals surface area contributed by atoms with E-state index >= 15 is 0 Å². The monoisotopic (exact) mass is 342 g/mol. The molecular formula is C14H12BrClOS. The molecule has 18 heavy (non-hydrogen) atoms. The van der Waals surface area contributed by atoms with Crippen molar-refractivity contribution in [1.29, 1.82) is 0 Å². The van der Waals surface area contributed by atoms with Gasteiger partial charge in [-0.1, -0.05) is 34.5 Å². The van der Waals surface area contributed by atoms with Crippen molar-refractivity contribution in [3.8, 4) is 0 Å². The molecule has 0 aliphatic heterocycles. The maximum Gasteiger partial charge on any atom is 0.169 e. The summed E-state index contributed by atoms with van der Waals surface area (Å²) in [5.74, 6) is 0.0916. The molecule has 0 spiro atoms. The standard InChI is InChI=1S/C14H12BrClOS/c1-2-10-4-5-11(18-10)8-14(17)12-7-9(16)3-6-13(12)15/h3-7H,2,8H2,1H3. The Kier molecular flexibility index (Phi) is 4.60. The summed E-state index contributed by atoms with van der Waals surface area (Å²) in [6.07, 6.45) is 1.45. The highest BCUT2D eigenvalue weighted by Gasteiger charge is 2.12. The number of rotatable bonds is 4. The summed E-state index contributed by atoms with van der Waals surface area (Å²) in [5, 5.41) is 0.585. The molecule has 1 heterocycles. The summed E-state index contributed by atoms with van der Waals surface area (Å²) in [7, 11) is 0. The summed E-state index contributed by atoms with van der Waals surface area (Å²) < 4.78 is 0.796. The maximum atomic E-state index is 12.2. The van der Waals surface area contributed by atoms with Crippen LogP contribution in [0.1, 0.15) is 27.0 Å². The molecular weight excluding hydrogens is 332 g/mol. The third-order valence-corrected chi connectivity index (χ3v) is 4.79. The first kappa shape index (κ1) is 13.8. The van der Waals surface area contributed by atoms with Crippen LogP contribution in [0.4, 0.5) is 0 Å². The van der Waals surface area contributed by atoms with Crippen LogP contribution in [0.3, 0.4) is 0 Å². The number of hydrogen-bond acceptors (Lipinski definition) is 2. The molecule has 0 atom stereocenters. The van der Waals surface area contributed by atoms with Crippen LogP contribution in [-0.4, -0.2) is 5.78 Å². The van der Waals surface area contributed by atoms with Crippen LogP contribution in [0, 0.1) is 0 Å². The molecule has 1 aromatic heterocycles. The number of hydrogen-bond donors (Lipinski definition) is 0. The minimum absolute atomic E-state index is 0.0916. The molecule has 1 nitrogen and oxygen atoms in total. The molecule has 0 aliphatic carbocycles. The smallest absolute Gasteiger partial charge is 0.169 e. The van der Waals surface area contributed by atoms with Crippen molar-refractivity contribution >= 4 is 44.7 Å². The van der Waals surface area contributed by atoms with Gasteiger partial charge in [-0.3, -0.25) is 4.79 Å². The number of benzene rings is 1. The Morgan fingerprint density at radius 2 is 2.00 bits per heavy atom. The molecule has 0 fully saturated rings. The third kappa shape index (κ3) is 3.22. The summed E-state index contributed by atoms with van der Waals surface area (Å²) in [4.78, 5) is 14.6. The Bertz CT molecular complexity index is 577. The van der Waals surface area contributed by atoms with Gasteiger partial charge in [0.2, 0.25) is 0 Å². The van der Waals surface area contributed by atoms with Gasteiger partial charge in [0.05, 0.1) is 0 Å². The number of carbonyl (C=O) groups excluding carboxylic acids is 1. The van der Waals surface area contributed by atoms with Crippen molar-refractivity contribution < 1.29 is 4.79 Å². The topological polar surface area (TPSA) is 17.1 Å². The second-order valence-electron chi connectivity index (χ2n) is 3.95. The van der Waals surface area contributed by atoms with Gasteiger partial charge in [0.1, 0.15) is 0 Å². The molecule has 0 saturated carbocycles. The predicted molar refractivity (Wildman–Crippen MR) is 80.9 cm³/mol. The van der Waals surface area contributed by atoms with Crippen molar-refractivity contribution in [3.63, 3.8) is 0 Å². The lowest BCUT2D eigenvalue weighted by atomic mass is 10.1. The van der Waals surface area contributed by atoms with Crippen molar-refractivity contribution in [2.45, 2.75) is 19.8 Å². The van der Waals surface area contributed by atoms with Gasteiger partial charge in [-0.05, 0) is 36.8 Å². The van der Waals surface area contributed by atoms with E-state index in [1.807, 2.05) is 12.1 Å². The minimum atomic E-state index is 0.0916. The fourth-order valence-corrected chi connectivity index (χ4v) is 3.27. The third-order valence-electron chi connectivity index (χ3n) is 2.63. The van der Waals surface area contributed by atoms with Crippen LogP contribution in [0.25, 0.3) is 0 Å². The first-order chi connectivity index (χ1) is 8.60. The predicted octanol–water partition coefficient (Wildman–Crippen LogP) is 5.15. The molecule has 2 aromatic rings. The SMILES string of the molecule is CCc1ccc(CC(=O)c2cc(Cl)ccc2Br)s1. The first-order valence-corrected chi connectivity index (χ1v) is 7.64. The average Bonchev–Trinajstić information content (AvgIpc) is 2.80. The van der Waals surface area contributed by atoms with Crippen molar-refractivity contribution in [3.05, 3.63) is 55.1 Å². The van der Waals surface area contributed by atoms with Gasteiger partial charge in [-0.25, -0.2) is 0 Å². The zero-order valence-electron chi connectivity index (χ0n) is 9.87. The molecule has 94 valence electrons. The van der Waals surface area contributed by atoms with Gasteiger partial charge in [0, 0.05) is 31.2 Å². The highest BCUT2D eigenvalue weighted by atomic mass is 79.9. The van der Waals surface area contributed by atoms with Crippen LogP contribution < -0.4 is 0 Å². The number of aryl methyl sites for hydroxylation is 1. The number of thiophene rings is 1. The fraction of sp³-hybridized carbons (Fsp3) is 0.214. The second kappa shape index (κ2) is 6.00. The number of halogens is 2. The summed E-state index contributed by atoms with van der Waals surface area (Å²) >= 11 is 11.0. The molecule has 0 radical (unpaired) electrons. The largest absolute Gasteiger partial charge is 0.294 e. The molecule has 0 saturated heterocycles. The van der Waals surface area contributed by atoms with Gasteiger partial charge in [0.25, 0.3) is 0 Å². The van der Waals surface area contributed by atoms with Gasteiger partial charge in [0.15, 0.2) is 5.78 Å². The lowest BCUT2D eigenvalue weighted by Crippen LogP contribution is -2.03. The first-order valence-electron chi connectivity index (χ1n) is 5.66. The van der Waals surface area contributed by atoms with Gasteiger partial charge < -0.3 is 0 Å². The van der Waals surface area contributed by atoms with Crippen LogP contribution in [-0.2, 0) is 12.8 Å². The molecule has 4 heteroatoms. The molecule has 0 bridgehead atoms. The Hall–Kier alpha value is -0.640. The number of Topliss-reactive ketones (excluding diaryl/α,β-unsaturated/α-hetero) is 1. The van der Waals surface area contributed by atoms with Gasteiger partial charge in [-0.15, -0.1) is 11.3 Å². The molecule has 0 unspecified atom stereocenters. The van der Waals surface area contributed by atoms with Crippen molar-refractivity contribution in [1.82, 2.24) is 0 Å². The quantitative estimate of drug-likeness (QED) is 0.701. The lowest BCUT2D eigenvalue weighted by Gasteiger charge is -2.03. The van der Waals surface area contributed by atoms with E-state index in [1.54, 1.807) is 23.5 Å². The van der Waals surface area contributed by atoms with Crippen molar-refractivity contribution in [2.75, 3.05) is 0 Å².